The molecule has 2 heterocycles. The van der Waals surface area contributed by atoms with Crippen LogP contribution in [-0.4, -0.2) is 4.98 Å². The number of nitrogens with zero attached hydrogens (tertiary/aromatic N) is 1. The molecular weight excluding hydrogens is 232 g/mol. The molecule has 3 nitrogen and oxygen atoms in total. The van der Waals surface area contributed by atoms with E-state index in [1.165, 1.54) is 0 Å². The van der Waals surface area contributed by atoms with Crippen molar-refractivity contribution < 1.29 is 0 Å². The molecule has 0 atom stereocenters. The molecule has 86 valence electrons. The van der Waals surface area contributed by atoms with Gasteiger partial charge in [-0.3, -0.25) is 4.79 Å². The topological polar surface area (TPSA) is 56.6 Å². The lowest BCUT2D eigenvalue weighted by atomic mass is 9.98. The second kappa shape index (κ2) is 4.56. The maximum Gasteiger partial charge on any atom is 0.266 e. The van der Waals surface area contributed by atoms with Crippen molar-refractivity contribution in [1.82, 2.24) is 4.98 Å². The SMILES string of the molecule is CC(C)c1cc(-c2cccs2)[nH]c(=O)c1C#N. The normalized spacial score (nSPS) is 10.5. The van der Waals surface area contributed by atoms with E-state index in [0.29, 0.717) is 0 Å². The van der Waals surface area contributed by atoms with Gasteiger partial charge in [-0.1, -0.05) is 19.9 Å². The number of nitriles is 1. The summed E-state index contributed by atoms with van der Waals surface area (Å²) < 4.78 is 0. The molecule has 4 heteroatoms. The number of aromatic amines is 1. The van der Waals surface area contributed by atoms with Crippen molar-refractivity contribution in [1.29, 1.82) is 5.26 Å². The molecule has 2 aromatic rings. The highest BCUT2D eigenvalue weighted by molar-refractivity contribution is 7.13. The number of thiophene rings is 1. The van der Waals surface area contributed by atoms with Crippen LogP contribution < -0.4 is 5.56 Å². The Kier molecular flexibility index (Phi) is 3.12. The smallest absolute Gasteiger partial charge is 0.266 e. The van der Waals surface area contributed by atoms with Gasteiger partial charge in [-0.25, -0.2) is 0 Å². The molecule has 0 saturated heterocycles. The predicted octanol–water partition coefficient (Wildman–Crippen LogP) is 3.10. The van der Waals surface area contributed by atoms with Gasteiger partial charge >= 0.3 is 0 Å². The number of hydrogen-bond donors (Lipinski definition) is 1. The standard InChI is InChI=1S/C13H12N2OS/c1-8(2)9-6-11(12-4-3-5-17-12)15-13(16)10(9)7-14/h3-6,8H,1-2H3,(H,15,16). The minimum absolute atomic E-state index is 0.158. The lowest BCUT2D eigenvalue weighted by Crippen LogP contribution is -2.14. The van der Waals surface area contributed by atoms with Crippen LogP contribution in [-0.2, 0) is 0 Å². The maximum absolute atomic E-state index is 11.8. The van der Waals surface area contributed by atoms with Crippen LogP contribution in [0.5, 0.6) is 0 Å². The maximum atomic E-state index is 11.8. The molecule has 0 bridgehead atoms. The molecule has 0 aliphatic heterocycles. The molecular formula is C13H12N2OS. The van der Waals surface area contributed by atoms with Gasteiger partial charge < -0.3 is 4.98 Å². The van der Waals surface area contributed by atoms with Gasteiger partial charge in [-0.05, 0) is 29.0 Å². The fraction of sp³-hybridized carbons (Fsp3) is 0.231. The highest BCUT2D eigenvalue weighted by Gasteiger charge is 2.13. The lowest BCUT2D eigenvalue weighted by molar-refractivity contribution is 0.855. The van der Waals surface area contributed by atoms with E-state index in [0.717, 1.165) is 16.1 Å². The summed E-state index contributed by atoms with van der Waals surface area (Å²) in [5.74, 6) is 0.158. The van der Waals surface area contributed by atoms with Crippen LogP contribution in [0.1, 0.15) is 30.9 Å². The molecule has 2 rings (SSSR count). The summed E-state index contributed by atoms with van der Waals surface area (Å²) in [5, 5.41) is 11.0. The number of nitrogens with one attached hydrogen (secondary N) is 1. The molecule has 0 saturated carbocycles. The fourth-order valence-corrected chi connectivity index (χ4v) is 2.41. The second-order valence-electron chi connectivity index (χ2n) is 4.09. The summed E-state index contributed by atoms with van der Waals surface area (Å²) in [6, 6.07) is 7.76. The summed E-state index contributed by atoms with van der Waals surface area (Å²) in [5.41, 5.74) is 1.51. The van der Waals surface area contributed by atoms with Crippen molar-refractivity contribution in [3.8, 4) is 16.6 Å². The number of rotatable bonds is 2. The summed E-state index contributed by atoms with van der Waals surface area (Å²) in [4.78, 5) is 15.6. The Morgan fingerprint density at radius 2 is 2.24 bits per heavy atom. The van der Waals surface area contributed by atoms with E-state index in [1.807, 2.05) is 43.5 Å². The number of pyridine rings is 1. The Morgan fingerprint density at radius 1 is 1.47 bits per heavy atom. The third kappa shape index (κ3) is 2.15. The molecule has 0 radical (unpaired) electrons. The van der Waals surface area contributed by atoms with Gasteiger partial charge in [0.2, 0.25) is 0 Å². The molecule has 0 spiro atoms. The average molecular weight is 244 g/mol. The van der Waals surface area contributed by atoms with Crippen molar-refractivity contribution in [3.63, 3.8) is 0 Å². The second-order valence-corrected chi connectivity index (χ2v) is 5.03. The quantitative estimate of drug-likeness (QED) is 0.882. The summed E-state index contributed by atoms with van der Waals surface area (Å²) in [6.45, 7) is 3.96. The Morgan fingerprint density at radius 3 is 2.76 bits per heavy atom. The first kappa shape index (κ1) is 11.6. The van der Waals surface area contributed by atoms with Gasteiger partial charge in [0.05, 0.1) is 10.6 Å². The van der Waals surface area contributed by atoms with Crippen molar-refractivity contribution >= 4 is 11.3 Å². The van der Waals surface area contributed by atoms with E-state index in [1.54, 1.807) is 11.3 Å². The molecule has 1 N–H and O–H groups in total. The zero-order valence-corrected chi connectivity index (χ0v) is 10.5. The van der Waals surface area contributed by atoms with E-state index < -0.39 is 0 Å². The van der Waals surface area contributed by atoms with E-state index in [2.05, 4.69) is 4.98 Å². The largest absolute Gasteiger partial charge is 0.320 e. The van der Waals surface area contributed by atoms with E-state index in [4.69, 9.17) is 5.26 Å². The first-order chi connectivity index (χ1) is 8.13. The third-order valence-electron chi connectivity index (χ3n) is 2.58. The number of hydrogen-bond acceptors (Lipinski definition) is 3. The van der Waals surface area contributed by atoms with Crippen LogP contribution in [0.3, 0.4) is 0 Å². The Hall–Kier alpha value is -1.86. The minimum atomic E-state index is -0.304. The Balaban J connectivity index is 2.68. The molecule has 0 fully saturated rings. The van der Waals surface area contributed by atoms with Crippen molar-refractivity contribution in [2.24, 2.45) is 0 Å². The molecule has 0 aliphatic carbocycles. The van der Waals surface area contributed by atoms with Crippen LogP contribution in [0, 0.1) is 11.3 Å². The number of aromatic nitrogens is 1. The highest BCUT2D eigenvalue weighted by Crippen LogP contribution is 2.25. The minimum Gasteiger partial charge on any atom is -0.320 e. The average Bonchev–Trinajstić information content (AvgIpc) is 2.81. The van der Waals surface area contributed by atoms with Gasteiger partial charge in [0, 0.05) is 0 Å². The van der Waals surface area contributed by atoms with Gasteiger partial charge in [0.25, 0.3) is 5.56 Å². The summed E-state index contributed by atoms with van der Waals surface area (Å²) in [6.07, 6.45) is 0. The van der Waals surface area contributed by atoms with Gasteiger partial charge in [0.1, 0.15) is 11.6 Å². The molecule has 0 amide bonds. The van der Waals surface area contributed by atoms with Gasteiger partial charge in [-0.2, -0.15) is 5.26 Å². The zero-order chi connectivity index (χ0) is 12.4. The third-order valence-corrected chi connectivity index (χ3v) is 3.49. The van der Waals surface area contributed by atoms with E-state index >= 15 is 0 Å². The van der Waals surface area contributed by atoms with Gasteiger partial charge in [0.15, 0.2) is 0 Å². The zero-order valence-electron chi connectivity index (χ0n) is 9.65. The fourth-order valence-electron chi connectivity index (χ4n) is 1.71. The van der Waals surface area contributed by atoms with Crippen LogP contribution in [0.2, 0.25) is 0 Å². The van der Waals surface area contributed by atoms with Crippen LogP contribution in [0.25, 0.3) is 10.6 Å². The van der Waals surface area contributed by atoms with Crippen LogP contribution in [0.15, 0.2) is 28.4 Å². The molecule has 17 heavy (non-hydrogen) atoms. The lowest BCUT2D eigenvalue weighted by Gasteiger charge is -2.09. The number of H-pyrrole nitrogens is 1. The first-order valence-corrected chi connectivity index (χ1v) is 6.22. The first-order valence-electron chi connectivity index (χ1n) is 5.34. The Bertz CT molecular complexity index is 618. The van der Waals surface area contributed by atoms with Gasteiger partial charge in [-0.15, -0.1) is 11.3 Å². The van der Waals surface area contributed by atoms with E-state index in [9.17, 15) is 4.79 Å². The Labute approximate surface area is 103 Å². The highest BCUT2D eigenvalue weighted by atomic mass is 32.1. The molecule has 0 unspecified atom stereocenters. The predicted molar refractivity (Wildman–Crippen MR) is 69.2 cm³/mol. The van der Waals surface area contributed by atoms with Crippen molar-refractivity contribution in [2.75, 3.05) is 0 Å². The van der Waals surface area contributed by atoms with Crippen LogP contribution >= 0.6 is 11.3 Å². The van der Waals surface area contributed by atoms with Crippen molar-refractivity contribution in [3.05, 3.63) is 45.1 Å². The monoisotopic (exact) mass is 244 g/mol. The van der Waals surface area contributed by atoms with Crippen molar-refractivity contribution in [2.45, 2.75) is 19.8 Å². The summed E-state index contributed by atoms with van der Waals surface area (Å²) >= 11 is 1.57. The molecule has 0 aromatic carbocycles. The van der Waals surface area contributed by atoms with E-state index in [-0.39, 0.29) is 17.0 Å². The molecule has 0 aliphatic rings. The summed E-state index contributed by atoms with van der Waals surface area (Å²) in [7, 11) is 0. The van der Waals surface area contributed by atoms with Crippen LogP contribution in [0.4, 0.5) is 0 Å². The molecule has 2 aromatic heterocycles.